The lowest BCUT2D eigenvalue weighted by Crippen LogP contribution is -2.38. The second-order valence-electron chi connectivity index (χ2n) is 8.78. The van der Waals surface area contributed by atoms with Gasteiger partial charge in [-0.25, -0.2) is 12.8 Å². The molecule has 1 N–H and O–H groups in total. The van der Waals surface area contributed by atoms with Crippen LogP contribution in [-0.2, 0) is 15.8 Å². The van der Waals surface area contributed by atoms with Gasteiger partial charge in [0.2, 0.25) is 10.0 Å². The number of piperidine rings is 1. The molecule has 8 heteroatoms. The lowest BCUT2D eigenvalue weighted by molar-refractivity contribution is 0.0712. The Kier molecular flexibility index (Phi) is 7.17. The van der Waals surface area contributed by atoms with E-state index in [0.717, 1.165) is 18.4 Å². The Morgan fingerprint density at radius 2 is 1.77 bits per heavy atom. The van der Waals surface area contributed by atoms with Crippen molar-refractivity contribution in [2.24, 2.45) is 0 Å². The summed E-state index contributed by atoms with van der Waals surface area (Å²) in [6.45, 7) is 2.99. The zero-order valence-electron chi connectivity index (χ0n) is 19.4. The molecule has 1 saturated heterocycles. The van der Waals surface area contributed by atoms with Crippen molar-refractivity contribution in [1.29, 1.82) is 5.26 Å². The third kappa shape index (κ3) is 5.87. The molecular formula is C27H26FN3O3S. The summed E-state index contributed by atoms with van der Waals surface area (Å²) in [6.07, 6.45) is 1.62. The summed E-state index contributed by atoms with van der Waals surface area (Å²) in [6, 6.07) is 20.3. The van der Waals surface area contributed by atoms with Crippen LogP contribution in [0.5, 0.6) is 0 Å². The molecule has 1 heterocycles. The van der Waals surface area contributed by atoms with Gasteiger partial charge in [-0.1, -0.05) is 36.4 Å². The predicted molar refractivity (Wildman–Crippen MR) is 133 cm³/mol. The molecule has 3 aromatic rings. The van der Waals surface area contributed by atoms with Crippen LogP contribution in [0.25, 0.3) is 0 Å². The zero-order chi connectivity index (χ0) is 25.0. The molecule has 1 fully saturated rings. The van der Waals surface area contributed by atoms with Gasteiger partial charge in [0, 0.05) is 29.9 Å². The maximum absolute atomic E-state index is 13.9. The van der Waals surface area contributed by atoms with Crippen molar-refractivity contribution in [3.8, 4) is 6.07 Å². The standard InChI is InChI=1S/C27H26FN3O3S/c1-19-6-11-24(30-35(33,34)18-23-4-2-3-5-26(23)28)16-25(19)27(32)31-14-12-22(13-15-31)21-9-7-20(17-29)8-10-21/h2-11,16,22,30H,12-15,18H2,1H3. The smallest absolute Gasteiger partial charge is 0.254 e. The maximum atomic E-state index is 13.9. The van der Waals surface area contributed by atoms with Gasteiger partial charge in [0.1, 0.15) is 5.82 Å². The van der Waals surface area contributed by atoms with Gasteiger partial charge in [-0.3, -0.25) is 9.52 Å². The van der Waals surface area contributed by atoms with Crippen LogP contribution in [0, 0.1) is 24.1 Å². The van der Waals surface area contributed by atoms with E-state index in [1.165, 1.54) is 23.8 Å². The molecule has 0 radical (unpaired) electrons. The van der Waals surface area contributed by atoms with Gasteiger partial charge in [-0.2, -0.15) is 5.26 Å². The summed E-state index contributed by atoms with van der Waals surface area (Å²) < 4.78 is 41.6. The third-order valence-corrected chi connectivity index (χ3v) is 7.58. The number of benzene rings is 3. The first kappa shape index (κ1) is 24.4. The van der Waals surface area contributed by atoms with Crippen molar-refractivity contribution in [3.63, 3.8) is 0 Å². The lowest BCUT2D eigenvalue weighted by Gasteiger charge is -2.32. The molecule has 0 saturated carbocycles. The highest BCUT2D eigenvalue weighted by atomic mass is 32.2. The number of likely N-dealkylation sites (tertiary alicyclic amines) is 1. The highest BCUT2D eigenvalue weighted by Gasteiger charge is 2.26. The van der Waals surface area contributed by atoms with E-state index < -0.39 is 21.6 Å². The Labute approximate surface area is 205 Å². The zero-order valence-corrected chi connectivity index (χ0v) is 20.2. The summed E-state index contributed by atoms with van der Waals surface area (Å²) >= 11 is 0. The molecule has 0 aromatic heterocycles. The summed E-state index contributed by atoms with van der Waals surface area (Å²) in [5.74, 6) is -0.901. The van der Waals surface area contributed by atoms with Gasteiger partial charge in [0.25, 0.3) is 5.91 Å². The Bertz CT molecular complexity index is 1370. The summed E-state index contributed by atoms with van der Waals surface area (Å²) in [4.78, 5) is 15.1. The minimum atomic E-state index is -3.87. The Balaban J connectivity index is 1.43. The van der Waals surface area contributed by atoms with Crippen molar-refractivity contribution >= 4 is 21.6 Å². The summed E-state index contributed by atoms with van der Waals surface area (Å²) in [7, 11) is -3.87. The van der Waals surface area contributed by atoms with Crippen molar-refractivity contribution in [2.45, 2.75) is 31.4 Å². The molecular weight excluding hydrogens is 465 g/mol. The second kappa shape index (κ2) is 10.3. The van der Waals surface area contributed by atoms with Crippen LogP contribution in [0.1, 0.15) is 51.4 Å². The quantitative estimate of drug-likeness (QED) is 0.527. The third-order valence-electron chi connectivity index (χ3n) is 6.34. The van der Waals surface area contributed by atoms with Gasteiger partial charge >= 0.3 is 0 Å². The van der Waals surface area contributed by atoms with Crippen LogP contribution in [0.4, 0.5) is 10.1 Å². The van der Waals surface area contributed by atoms with Gasteiger partial charge in [-0.15, -0.1) is 0 Å². The molecule has 4 rings (SSSR count). The van der Waals surface area contributed by atoms with Crippen LogP contribution in [0.3, 0.4) is 0 Å². The lowest BCUT2D eigenvalue weighted by atomic mass is 9.88. The number of nitrogens with zero attached hydrogens (tertiary/aromatic N) is 2. The van der Waals surface area contributed by atoms with Gasteiger partial charge in [0.15, 0.2) is 0 Å². The number of sulfonamides is 1. The van der Waals surface area contributed by atoms with Crippen LogP contribution >= 0.6 is 0 Å². The van der Waals surface area contributed by atoms with Gasteiger partial charge in [0.05, 0.1) is 17.4 Å². The van der Waals surface area contributed by atoms with Crippen molar-refractivity contribution in [2.75, 3.05) is 17.8 Å². The number of amides is 1. The Morgan fingerprint density at radius 1 is 1.09 bits per heavy atom. The molecule has 0 atom stereocenters. The number of hydrogen-bond donors (Lipinski definition) is 1. The van der Waals surface area contributed by atoms with E-state index >= 15 is 0 Å². The Hall–Kier alpha value is -3.70. The fourth-order valence-electron chi connectivity index (χ4n) is 4.37. The summed E-state index contributed by atoms with van der Waals surface area (Å²) in [5.41, 5.74) is 3.32. The number of carbonyl (C=O) groups excluding carboxylic acids is 1. The molecule has 35 heavy (non-hydrogen) atoms. The van der Waals surface area contributed by atoms with Crippen LogP contribution in [0.15, 0.2) is 66.7 Å². The number of rotatable bonds is 6. The molecule has 0 aliphatic carbocycles. The van der Waals surface area contributed by atoms with E-state index in [2.05, 4.69) is 10.8 Å². The number of anilines is 1. The number of hydrogen-bond acceptors (Lipinski definition) is 4. The topological polar surface area (TPSA) is 90.3 Å². The van der Waals surface area contributed by atoms with E-state index in [1.807, 2.05) is 31.2 Å². The molecule has 0 spiro atoms. The average Bonchev–Trinajstić information content (AvgIpc) is 2.86. The Morgan fingerprint density at radius 3 is 2.43 bits per heavy atom. The minimum Gasteiger partial charge on any atom is -0.339 e. The monoisotopic (exact) mass is 491 g/mol. The number of halogens is 1. The van der Waals surface area contributed by atoms with Crippen LogP contribution in [-0.4, -0.2) is 32.3 Å². The number of nitrogens with one attached hydrogen (secondary N) is 1. The van der Waals surface area contributed by atoms with E-state index in [0.29, 0.717) is 30.1 Å². The number of aryl methyl sites for hydroxylation is 1. The molecule has 1 amide bonds. The molecule has 180 valence electrons. The molecule has 1 aliphatic rings. The molecule has 0 unspecified atom stereocenters. The maximum Gasteiger partial charge on any atom is 0.254 e. The normalized spacial score (nSPS) is 14.4. The fourth-order valence-corrected chi connectivity index (χ4v) is 5.57. The molecule has 0 bridgehead atoms. The van der Waals surface area contributed by atoms with Crippen molar-refractivity contribution in [3.05, 3.63) is 100 Å². The first-order valence-electron chi connectivity index (χ1n) is 11.4. The predicted octanol–water partition coefficient (Wildman–Crippen LogP) is 4.97. The van der Waals surface area contributed by atoms with Gasteiger partial charge < -0.3 is 4.90 Å². The molecule has 6 nitrogen and oxygen atoms in total. The fraction of sp³-hybridized carbons (Fsp3) is 0.259. The molecule has 3 aromatic carbocycles. The van der Waals surface area contributed by atoms with Gasteiger partial charge in [-0.05, 0) is 67.1 Å². The first-order chi connectivity index (χ1) is 16.8. The molecule has 1 aliphatic heterocycles. The van der Waals surface area contributed by atoms with Crippen molar-refractivity contribution in [1.82, 2.24) is 4.90 Å². The van der Waals surface area contributed by atoms with E-state index in [9.17, 15) is 17.6 Å². The largest absolute Gasteiger partial charge is 0.339 e. The van der Waals surface area contributed by atoms with Crippen LogP contribution < -0.4 is 4.72 Å². The first-order valence-corrected chi connectivity index (χ1v) is 13.0. The van der Waals surface area contributed by atoms with Crippen LogP contribution in [0.2, 0.25) is 0 Å². The highest BCUT2D eigenvalue weighted by molar-refractivity contribution is 7.91. The van der Waals surface area contributed by atoms with Crippen molar-refractivity contribution < 1.29 is 17.6 Å². The number of nitriles is 1. The SMILES string of the molecule is Cc1ccc(NS(=O)(=O)Cc2ccccc2F)cc1C(=O)N1CCC(c2ccc(C#N)cc2)CC1. The number of carbonyl (C=O) groups is 1. The average molecular weight is 492 g/mol. The minimum absolute atomic E-state index is 0.0774. The second-order valence-corrected chi connectivity index (χ2v) is 10.5. The van der Waals surface area contributed by atoms with E-state index in [4.69, 9.17) is 5.26 Å². The van der Waals surface area contributed by atoms with E-state index in [-0.39, 0.29) is 17.2 Å². The van der Waals surface area contributed by atoms with E-state index in [1.54, 1.807) is 29.2 Å². The summed E-state index contributed by atoms with van der Waals surface area (Å²) in [5, 5.41) is 8.98. The highest BCUT2D eigenvalue weighted by Crippen LogP contribution is 2.29.